The van der Waals surface area contributed by atoms with E-state index in [4.69, 9.17) is 0 Å². The maximum absolute atomic E-state index is 9.84. The van der Waals surface area contributed by atoms with Crippen molar-refractivity contribution < 1.29 is 4.79 Å². The van der Waals surface area contributed by atoms with Crippen LogP contribution in [0.2, 0.25) is 15.8 Å². The van der Waals surface area contributed by atoms with Crippen molar-refractivity contribution in [2.75, 3.05) is 0 Å². The molecule has 0 saturated carbocycles. The molecule has 0 amide bonds. The van der Waals surface area contributed by atoms with E-state index in [0.717, 1.165) is 5.28 Å². The summed E-state index contributed by atoms with van der Waals surface area (Å²) in [4.78, 5) is 9.84. The van der Waals surface area contributed by atoms with Crippen LogP contribution in [-0.2, 0) is 4.79 Å². The van der Waals surface area contributed by atoms with Crippen LogP contribution in [0.1, 0.15) is 13.8 Å². The summed E-state index contributed by atoms with van der Waals surface area (Å²) in [6.07, 6.45) is 1.98. The fourth-order valence-electron chi connectivity index (χ4n) is 0.695. The maximum atomic E-state index is 9.84. The Kier molecular flexibility index (Phi) is 5.48. The predicted molar refractivity (Wildman–Crippen MR) is 37.2 cm³/mol. The third-order valence-corrected chi connectivity index (χ3v) is 4.58. The van der Waals surface area contributed by atoms with E-state index in [1.807, 2.05) is 6.29 Å². The second-order valence-corrected chi connectivity index (χ2v) is 5.80. The fraction of sp³-hybridized carbons (Fsp3) is 0.833. The van der Waals surface area contributed by atoms with E-state index in [2.05, 4.69) is 13.8 Å². The van der Waals surface area contributed by atoms with Gasteiger partial charge in [0.15, 0.2) is 6.29 Å². The molecule has 0 unspecified atom stereocenters. The number of carbonyl (C=O) groups excluding carboxylic acids is 1. The second-order valence-electron chi connectivity index (χ2n) is 2.03. The Bertz CT molecular complexity index is 59.5. The maximum Gasteiger partial charge on any atom is 0.272 e. The van der Waals surface area contributed by atoms with Crippen LogP contribution in [0.25, 0.3) is 0 Å². The molecule has 0 aliphatic carbocycles. The molecule has 0 aromatic heterocycles. The molecule has 1 nitrogen and oxygen atoms in total. The molecule has 0 aromatic carbocycles. The van der Waals surface area contributed by atoms with Crippen molar-refractivity contribution >= 4 is 20.4 Å². The van der Waals surface area contributed by atoms with Gasteiger partial charge in [-0.2, -0.15) is 0 Å². The molecule has 0 aromatic rings. The smallest absolute Gasteiger partial charge is 0.272 e. The molecule has 0 aliphatic heterocycles. The van der Waals surface area contributed by atoms with Crippen molar-refractivity contribution in [2.45, 2.75) is 29.7 Å². The van der Waals surface area contributed by atoms with Crippen LogP contribution in [0.15, 0.2) is 0 Å². The van der Waals surface area contributed by atoms with Gasteiger partial charge in [-0.25, -0.2) is 0 Å². The lowest BCUT2D eigenvalue weighted by Gasteiger charge is -1.96. The highest BCUT2D eigenvalue weighted by Crippen LogP contribution is 2.00. The Balaban J connectivity index is 3.20. The van der Waals surface area contributed by atoms with Crippen molar-refractivity contribution in [2.24, 2.45) is 0 Å². The monoisotopic (exact) mass is 127 g/mol. The quantitative estimate of drug-likeness (QED) is 0.524. The highest BCUT2D eigenvalue weighted by atomic mass is 27.2. The Labute approximate surface area is 55.5 Å². The standard InChI is InChI=1S/C2H2O.2C2H5.Al/c1-2-3;2*1-2;/h1H2;2*1H2,2H3;. The lowest BCUT2D eigenvalue weighted by molar-refractivity contribution is 0.559. The van der Waals surface area contributed by atoms with E-state index >= 15 is 0 Å². The van der Waals surface area contributed by atoms with E-state index in [1.165, 1.54) is 10.6 Å². The Hall–Kier alpha value is 0.202. The molecular formula is C6H12AlO. The summed E-state index contributed by atoms with van der Waals surface area (Å²) in [6, 6.07) is 0. The molecular weight excluding hydrogens is 115 g/mol. The summed E-state index contributed by atoms with van der Waals surface area (Å²) in [7, 11) is 0. The lowest BCUT2D eigenvalue weighted by Crippen LogP contribution is -2.08. The van der Waals surface area contributed by atoms with Crippen LogP contribution in [-0.4, -0.2) is 20.4 Å². The van der Waals surface area contributed by atoms with Crippen molar-refractivity contribution in [3.8, 4) is 0 Å². The van der Waals surface area contributed by atoms with Gasteiger partial charge in [-0.05, 0) is 5.28 Å². The lowest BCUT2D eigenvalue weighted by atomic mass is 10.9. The Morgan fingerprint density at radius 1 is 1.38 bits per heavy atom. The van der Waals surface area contributed by atoms with Crippen molar-refractivity contribution in [3.05, 3.63) is 0 Å². The van der Waals surface area contributed by atoms with Crippen molar-refractivity contribution in [1.29, 1.82) is 0 Å². The summed E-state index contributed by atoms with van der Waals surface area (Å²) in [6.45, 7) is 4.33. The third-order valence-electron chi connectivity index (χ3n) is 1.53. The fourth-order valence-corrected chi connectivity index (χ4v) is 2.09. The van der Waals surface area contributed by atoms with Crippen LogP contribution in [0.4, 0.5) is 0 Å². The van der Waals surface area contributed by atoms with Gasteiger partial charge in [-0.3, -0.25) is 4.79 Å². The largest absolute Gasteiger partial charge is 0.292 e. The van der Waals surface area contributed by atoms with Gasteiger partial charge in [0.1, 0.15) is 0 Å². The van der Waals surface area contributed by atoms with Crippen LogP contribution >= 0.6 is 0 Å². The first-order chi connectivity index (χ1) is 3.85. The van der Waals surface area contributed by atoms with Gasteiger partial charge in [0.2, 0.25) is 0 Å². The number of hydrogen-bond donors (Lipinski definition) is 0. The molecule has 1 radical (unpaired) electrons. The summed E-state index contributed by atoms with van der Waals surface area (Å²) >= 11 is -0.616. The molecule has 0 spiro atoms. The normalized spacial score (nSPS) is 8.75. The van der Waals surface area contributed by atoms with Crippen LogP contribution < -0.4 is 0 Å². The molecule has 0 N–H and O–H groups in total. The average Bonchev–Trinajstić information content (AvgIpc) is 1.83. The van der Waals surface area contributed by atoms with Crippen LogP contribution in [0.3, 0.4) is 0 Å². The van der Waals surface area contributed by atoms with Gasteiger partial charge in [0, 0.05) is 0 Å². The first-order valence-corrected chi connectivity index (χ1v) is 5.65. The van der Waals surface area contributed by atoms with Crippen molar-refractivity contribution in [3.63, 3.8) is 0 Å². The minimum atomic E-state index is -0.616. The van der Waals surface area contributed by atoms with Crippen molar-refractivity contribution in [1.82, 2.24) is 0 Å². The van der Waals surface area contributed by atoms with Gasteiger partial charge >= 0.3 is 0 Å². The van der Waals surface area contributed by atoms with Gasteiger partial charge in [-0.15, -0.1) is 0 Å². The molecule has 0 rings (SSSR count). The molecule has 0 saturated heterocycles. The van der Waals surface area contributed by atoms with Crippen LogP contribution in [0.5, 0.6) is 0 Å². The van der Waals surface area contributed by atoms with Gasteiger partial charge in [0.25, 0.3) is 14.1 Å². The SMILES string of the molecule is C[CH2][Al]([CH2]C)[CH2][C]=O. The first kappa shape index (κ1) is 8.20. The molecule has 0 heterocycles. The minimum absolute atomic E-state index is 0.616. The number of hydrogen-bond acceptors (Lipinski definition) is 1. The van der Waals surface area contributed by atoms with Gasteiger partial charge < -0.3 is 0 Å². The molecule has 2 heteroatoms. The summed E-state index contributed by atoms with van der Waals surface area (Å²) in [5.41, 5.74) is 0. The van der Waals surface area contributed by atoms with E-state index in [-0.39, 0.29) is 0 Å². The summed E-state index contributed by atoms with van der Waals surface area (Å²) in [5, 5.41) is 3.24. The predicted octanol–water partition coefficient (Wildman–Crippen LogP) is 1.63. The van der Waals surface area contributed by atoms with E-state index in [1.54, 1.807) is 0 Å². The highest BCUT2D eigenvalue weighted by Gasteiger charge is 2.09. The Morgan fingerprint density at radius 2 is 1.88 bits per heavy atom. The third kappa shape index (κ3) is 3.24. The van der Waals surface area contributed by atoms with Crippen LogP contribution in [0, 0.1) is 0 Å². The average molecular weight is 127 g/mol. The number of rotatable bonds is 4. The Morgan fingerprint density at radius 3 is 2.00 bits per heavy atom. The zero-order chi connectivity index (χ0) is 6.41. The molecule has 0 bridgehead atoms. The summed E-state index contributed by atoms with van der Waals surface area (Å²) < 4.78 is 0. The summed E-state index contributed by atoms with van der Waals surface area (Å²) in [5.74, 6) is 0. The molecule has 0 fully saturated rings. The molecule has 0 atom stereocenters. The molecule has 8 heavy (non-hydrogen) atoms. The topological polar surface area (TPSA) is 17.1 Å². The van der Waals surface area contributed by atoms with Gasteiger partial charge in [-0.1, -0.05) is 24.4 Å². The first-order valence-electron chi connectivity index (χ1n) is 3.20. The van der Waals surface area contributed by atoms with E-state index < -0.39 is 14.1 Å². The second kappa shape index (κ2) is 5.34. The molecule has 45 valence electrons. The zero-order valence-electron chi connectivity index (χ0n) is 5.61. The highest BCUT2D eigenvalue weighted by molar-refractivity contribution is 6.61. The van der Waals surface area contributed by atoms with E-state index in [9.17, 15) is 4.79 Å². The van der Waals surface area contributed by atoms with E-state index in [0.29, 0.717) is 0 Å². The zero-order valence-corrected chi connectivity index (χ0v) is 6.76. The van der Waals surface area contributed by atoms with Gasteiger partial charge in [0.05, 0.1) is 0 Å². The molecule has 0 aliphatic rings. The minimum Gasteiger partial charge on any atom is -0.292 e.